The van der Waals surface area contributed by atoms with Gasteiger partial charge in [-0.15, -0.1) is 0 Å². The Morgan fingerprint density at radius 1 is 0.950 bits per heavy atom. The Morgan fingerprint density at radius 3 is 2.25 bits per heavy atom. The van der Waals surface area contributed by atoms with Crippen molar-refractivity contribution in [2.45, 2.75) is 12.7 Å². The second-order valence-corrected chi connectivity index (χ2v) is 9.26. The molecule has 1 aromatic heterocycles. The monoisotopic (exact) mass is 548 g/mol. The number of nitrogens with zero attached hydrogens (tertiary/aromatic N) is 3. The first-order chi connectivity index (χ1) is 19.0. The fraction of sp³-hybridized carbons (Fsp3) is 0.133. The number of nitrogens with one attached hydrogen (secondary N) is 3. The molecule has 0 atom stereocenters. The smallest absolute Gasteiger partial charge is 0.356 e. The van der Waals surface area contributed by atoms with Gasteiger partial charge in [-0.2, -0.15) is 18.2 Å². The maximum absolute atomic E-state index is 14.8. The van der Waals surface area contributed by atoms with E-state index in [4.69, 9.17) is 0 Å². The molecule has 4 aromatic rings. The molecule has 40 heavy (non-hydrogen) atoms. The zero-order valence-corrected chi connectivity index (χ0v) is 22.0. The van der Waals surface area contributed by atoms with Crippen molar-refractivity contribution in [1.29, 1.82) is 0 Å². The Labute approximate surface area is 230 Å². The highest BCUT2D eigenvalue weighted by Gasteiger charge is 2.30. The van der Waals surface area contributed by atoms with E-state index in [9.17, 15) is 17.6 Å². The van der Waals surface area contributed by atoms with E-state index in [-0.39, 0.29) is 17.5 Å². The summed E-state index contributed by atoms with van der Waals surface area (Å²) in [6.45, 7) is 8.23. The zero-order valence-electron chi connectivity index (χ0n) is 22.0. The third kappa shape index (κ3) is 7.23. The largest absolute Gasteiger partial charge is 0.416 e. The highest BCUT2D eigenvalue weighted by atomic mass is 19.4. The third-order valence-electron chi connectivity index (χ3n) is 5.79. The first kappa shape index (κ1) is 28.3. The van der Waals surface area contributed by atoms with Crippen LogP contribution in [-0.4, -0.2) is 29.0 Å². The van der Waals surface area contributed by atoms with E-state index in [2.05, 4.69) is 44.0 Å². The molecule has 0 saturated carbocycles. The van der Waals surface area contributed by atoms with Crippen LogP contribution >= 0.6 is 0 Å². The van der Waals surface area contributed by atoms with Crippen LogP contribution in [0.1, 0.15) is 11.1 Å². The number of hydrogen-bond acceptors (Lipinski definition) is 6. The van der Waals surface area contributed by atoms with Gasteiger partial charge in [0, 0.05) is 35.4 Å². The molecule has 0 radical (unpaired) electrons. The Morgan fingerprint density at radius 2 is 1.62 bits per heavy atom. The number of aromatic nitrogens is 2. The molecule has 0 aliphatic rings. The minimum absolute atomic E-state index is 0.0905. The average Bonchev–Trinajstić information content (AvgIpc) is 2.91. The molecule has 206 valence electrons. The van der Waals surface area contributed by atoms with Crippen molar-refractivity contribution in [3.8, 4) is 11.1 Å². The molecule has 0 saturated heterocycles. The summed E-state index contributed by atoms with van der Waals surface area (Å²) < 4.78 is 54.2. The summed E-state index contributed by atoms with van der Waals surface area (Å²) in [7, 11) is 3.97. The van der Waals surface area contributed by atoms with Crippen LogP contribution in [0.2, 0.25) is 0 Å². The van der Waals surface area contributed by atoms with E-state index in [0.29, 0.717) is 22.5 Å². The summed E-state index contributed by atoms with van der Waals surface area (Å²) in [6.07, 6.45) is -1.48. The molecule has 6 nitrogen and oxygen atoms in total. The van der Waals surface area contributed by atoms with E-state index in [0.717, 1.165) is 29.9 Å². The van der Waals surface area contributed by atoms with E-state index in [1.165, 1.54) is 36.5 Å². The highest BCUT2D eigenvalue weighted by Crippen LogP contribution is 2.35. The predicted molar refractivity (Wildman–Crippen MR) is 152 cm³/mol. The van der Waals surface area contributed by atoms with Gasteiger partial charge < -0.3 is 20.9 Å². The summed E-state index contributed by atoms with van der Waals surface area (Å²) in [5.74, 6) is -0.147. The van der Waals surface area contributed by atoms with Crippen molar-refractivity contribution in [3.63, 3.8) is 0 Å². The van der Waals surface area contributed by atoms with Crippen LogP contribution in [0.4, 0.5) is 46.4 Å². The molecule has 3 N–H and O–H groups in total. The normalized spacial score (nSPS) is 11.3. The second-order valence-electron chi connectivity index (χ2n) is 9.26. The van der Waals surface area contributed by atoms with Gasteiger partial charge in [-0.1, -0.05) is 37.4 Å². The van der Waals surface area contributed by atoms with Gasteiger partial charge >= 0.3 is 6.18 Å². The van der Waals surface area contributed by atoms with E-state index in [1.807, 2.05) is 38.4 Å². The number of alkyl halides is 3. The van der Waals surface area contributed by atoms with E-state index in [1.54, 1.807) is 6.07 Å². The predicted octanol–water partition coefficient (Wildman–Crippen LogP) is 7.96. The highest BCUT2D eigenvalue weighted by molar-refractivity contribution is 5.80. The Bertz CT molecular complexity index is 1500. The molecule has 0 unspecified atom stereocenters. The zero-order chi connectivity index (χ0) is 28.9. The van der Waals surface area contributed by atoms with Gasteiger partial charge in [0.15, 0.2) is 0 Å². The van der Waals surface area contributed by atoms with Gasteiger partial charge in [-0.25, -0.2) is 9.37 Å². The van der Waals surface area contributed by atoms with Gasteiger partial charge in [0.25, 0.3) is 0 Å². The van der Waals surface area contributed by atoms with Gasteiger partial charge in [0.1, 0.15) is 11.6 Å². The quantitative estimate of drug-likeness (QED) is 0.138. The summed E-state index contributed by atoms with van der Waals surface area (Å²) >= 11 is 0. The third-order valence-corrected chi connectivity index (χ3v) is 5.79. The molecule has 1 heterocycles. The van der Waals surface area contributed by atoms with Gasteiger partial charge in [0.05, 0.1) is 11.3 Å². The van der Waals surface area contributed by atoms with Crippen LogP contribution in [0.3, 0.4) is 0 Å². The number of hydrogen-bond donors (Lipinski definition) is 3. The molecular weight excluding hydrogens is 520 g/mol. The SMILES string of the molecule is C=CC(=C)Nc1ccc(F)c(Nc2nc(Nc3ccc(CN(C)C)cc3)ncc2-c2ccc(C(F)(F)F)cc2)c1. The van der Waals surface area contributed by atoms with Gasteiger partial charge in [0.2, 0.25) is 5.95 Å². The van der Waals surface area contributed by atoms with Gasteiger partial charge in [-0.05, 0) is 73.8 Å². The van der Waals surface area contributed by atoms with Gasteiger partial charge in [-0.3, -0.25) is 0 Å². The molecule has 0 spiro atoms. The maximum Gasteiger partial charge on any atom is 0.416 e. The van der Waals surface area contributed by atoms with Crippen LogP contribution in [-0.2, 0) is 12.7 Å². The van der Waals surface area contributed by atoms with E-state index >= 15 is 0 Å². The number of rotatable bonds is 10. The second kappa shape index (κ2) is 12.0. The topological polar surface area (TPSA) is 65.1 Å². The Balaban J connectivity index is 1.70. The Hall–Kier alpha value is -4.70. The summed E-state index contributed by atoms with van der Waals surface area (Å²) in [5, 5.41) is 9.11. The molecule has 3 aromatic carbocycles. The van der Waals surface area contributed by atoms with Crippen LogP contribution < -0.4 is 16.0 Å². The lowest BCUT2D eigenvalue weighted by Gasteiger charge is -2.16. The molecule has 4 rings (SSSR count). The number of benzene rings is 3. The summed E-state index contributed by atoms with van der Waals surface area (Å²) in [6, 6.07) is 16.7. The molecule has 0 fully saturated rings. The van der Waals surface area contributed by atoms with Crippen molar-refractivity contribution in [2.24, 2.45) is 0 Å². The molecule has 0 aliphatic carbocycles. The van der Waals surface area contributed by atoms with Crippen LogP contribution in [0.5, 0.6) is 0 Å². The average molecular weight is 549 g/mol. The van der Waals surface area contributed by atoms with Crippen molar-refractivity contribution >= 4 is 28.8 Å². The standard InChI is InChI=1S/C30H28F4N6/c1-5-19(2)36-24-14-15-26(31)27(16-24)38-28-25(21-8-10-22(11-9-21)30(32,33)34)17-35-29(39-28)37-23-12-6-20(7-13-23)18-40(3)4/h5-17,36H,1-2,18H2,3-4H3,(H2,35,37,38,39). The first-order valence-corrected chi connectivity index (χ1v) is 12.2. The fourth-order valence-corrected chi connectivity index (χ4v) is 3.84. The fourth-order valence-electron chi connectivity index (χ4n) is 3.84. The van der Waals surface area contributed by atoms with Crippen molar-refractivity contribution in [2.75, 3.05) is 30.0 Å². The minimum Gasteiger partial charge on any atom is -0.356 e. The molecule has 0 amide bonds. The summed E-state index contributed by atoms with van der Waals surface area (Å²) in [5.41, 5.74) is 3.04. The molecule has 10 heteroatoms. The lowest BCUT2D eigenvalue weighted by molar-refractivity contribution is -0.137. The molecular formula is C30H28F4N6. The van der Waals surface area contributed by atoms with E-state index < -0.39 is 17.6 Å². The summed E-state index contributed by atoms with van der Waals surface area (Å²) in [4.78, 5) is 11.0. The first-order valence-electron chi connectivity index (χ1n) is 12.2. The maximum atomic E-state index is 14.8. The van der Waals surface area contributed by atoms with Crippen molar-refractivity contribution in [1.82, 2.24) is 14.9 Å². The minimum atomic E-state index is -4.47. The lowest BCUT2D eigenvalue weighted by atomic mass is 10.1. The molecule has 0 aliphatic heterocycles. The lowest BCUT2D eigenvalue weighted by Crippen LogP contribution is -2.10. The van der Waals surface area contributed by atoms with Crippen LogP contribution in [0, 0.1) is 5.82 Å². The molecule has 0 bridgehead atoms. The van der Waals surface area contributed by atoms with Crippen molar-refractivity contribution < 1.29 is 17.6 Å². The number of anilines is 5. The Kier molecular flexibility index (Phi) is 8.49. The van der Waals surface area contributed by atoms with Crippen molar-refractivity contribution in [3.05, 3.63) is 115 Å². The van der Waals surface area contributed by atoms with Crippen LogP contribution in [0.15, 0.2) is 97.9 Å². The number of allylic oxidation sites excluding steroid dienone is 1. The van der Waals surface area contributed by atoms with Crippen LogP contribution in [0.25, 0.3) is 11.1 Å². The number of halogens is 4.